The minimum Gasteiger partial charge on any atom is -0.423 e. The van der Waals surface area contributed by atoms with Gasteiger partial charge in [-0.2, -0.15) is 0 Å². The fourth-order valence-electron chi connectivity index (χ4n) is 2.66. The predicted molar refractivity (Wildman–Crippen MR) is 94.7 cm³/mol. The number of ether oxygens (including phenoxy) is 2. The Bertz CT molecular complexity index is 863. The summed E-state index contributed by atoms with van der Waals surface area (Å²) in [5.74, 6) is -1.06. The van der Waals surface area contributed by atoms with Crippen LogP contribution in [-0.2, 0) is 4.74 Å². The van der Waals surface area contributed by atoms with Gasteiger partial charge >= 0.3 is 5.97 Å². The number of carbonyl (C=O) groups is 3. The van der Waals surface area contributed by atoms with E-state index in [0.717, 1.165) is 4.90 Å². The topological polar surface area (TPSA) is 72.9 Å². The second-order valence-electron chi connectivity index (χ2n) is 5.71. The highest BCUT2D eigenvalue weighted by molar-refractivity contribution is 6.30. The first-order chi connectivity index (χ1) is 12.5. The zero-order chi connectivity index (χ0) is 18.7. The summed E-state index contributed by atoms with van der Waals surface area (Å²) in [6.07, 6.45) is 0.549. The van der Waals surface area contributed by atoms with Crippen LogP contribution in [0.4, 0.5) is 0 Å². The third-order valence-corrected chi connectivity index (χ3v) is 4.21. The number of nitrogens with zero attached hydrogens (tertiary/aromatic N) is 1. The molecule has 3 rings (SSSR count). The first kappa shape index (κ1) is 18.1. The molecule has 0 radical (unpaired) electrons. The molecule has 2 aromatic carbocycles. The summed E-state index contributed by atoms with van der Waals surface area (Å²) in [6.45, 7) is 0.719. The molecule has 1 heterocycles. The first-order valence-electron chi connectivity index (χ1n) is 7.98. The molecule has 6 nitrogen and oxygen atoms in total. The van der Waals surface area contributed by atoms with Gasteiger partial charge in [-0.05, 0) is 48.9 Å². The predicted octanol–water partition coefficient (Wildman–Crippen LogP) is 3.19. The maximum absolute atomic E-state index is 12.5. The van der Waals surface area contributed by atoms with Crippen molar-refractivity contribution in [3.8, 4) is 5.75 Å². The summed E-state index contributed by atoms with van der Waals surface area (Å²) in [5, 5.41) is 0.528. The molecule has 0 N–H and O–H groups in total. The molecular formula is C19H16ClNO5. The molecule has 0 spiro atoms. The number of rotatable bonds is 6. The SMILES string of the molecule is COCCCN1C(=O)c2ccc(C(=O)Oc3ccc(Cl)cc3)cc2C1=O. The Balaban J connectivity index is 1.77. The molecule has 7 heteroatoms. The lowest BCUT2D eigenvalue weighted by Crippen LogP contribution is -2.31. The van der Waals surface area contributed by atoms with Crippen LogP contribution in [0.3, 0.4) is 0 Å². The van der Waals surface area contributed by atoms with E-state index in [2.05, 4.69) is 0 Å². The van der Waals surface area contributed by atoms with Crippen molar-refractivity contribution in [1.82, 2.24) is 4.90 Å². The second-order valence-corrected chi connectivity index (χ2v) is 6.15. The third-order valence-electron chi connectivity index (χ3n) is 3.96. The molecule has 134 valence electrons. The van der Waals surface area contributed by atoms with Crippen LogP contribution in [0.5, 0.6) is 5.75 Å². The number of hydrogen-bond donors (Lipinski definition) is 0. The standard InChI is InChI=1S/C19H16ClNO5/c1-25-10-2-9-21-17(22)15-8-3-12(11-16(15)18(21)23)19(24)26-14-6-4-13(20)5-7-14/h3-8,11H,2,9-10H2,1H3. The molecule has 2 amide bonds. The van der Waals surface area contributed by atoms with Gasteiger partial charge in [-0.15, -0.1) is 0 Å². The van der Waals surface area contributed by atoms with Crippen LogP contribution in [0, 0.1) is 0 Å². The molecule has 0 unspecified atom stereocenters. The summed E-state index contributed by atoms with van der Waals surface area (Å²) in [7, 11) is 1.56. The lowest BCUT2D eigenvalue weighted by Gasteiger charge is -2.12. The first-order valence-corrected chi connectivity index (χ1v) is 8.36. The molecule has 0 fully saturated rings. The quantitative estimate of drug-likeness (QED) is 0.336. The Labute approximate surface area is 155 Å². The van der Waals surface area contributed by atoms with Gasteiger partial charge in [-0.25, -0.2) is 4.79 Å². The Morgan fingerprint density at radius 1 is 1.04 bits per heavy atom. The summed E-state index contributed by atoms with van der Waals surface area (Å²) in [4.78, 5) is 38.3. The number of hydrogen-bond acceptors (Lipinski definition) is 5. The summed E-state index contributed by atoms with van der Waals surface area (Å²) >= 11 is 5.80. The van der Waals surface area contributed by atoms with Crippen molar-refractivity contribution in [2.75, 3.05) is 20.3 Å². The Hall–Kier alpha value is -2.70. The minimum absolute atomic E-state index is 0.193. The molecule has 0 saturated heterocycles. The van der Waals surface area contributed by atoms with E-state index in [-0.39, 0.29) is 29.1 Å². The van der Waals surface area contributed by atoms with Crippen molar-refractivity contribution in [2.45, 2.75) is 6.42 Å². The maximum atomic E-state index is 12.5. The molecule has 0 atom stereocenters. The number of fused-ring (bicyclic) bond motifs is 1. The summed E-state index contributed by atoms with van der Waals surface area (Å²) in [6, 6.07) is 10.7. The van der Waals surface area contributed by atoms with E-state index in [1.54, 1.807) is 31.4 Å². The molecule has 2 aromatic rings. The fourth-order valence-corrected chi connectivity index (χ4v) is 2.78. The summed E-state index contributed by atoms with van der Waals surface area (Å²) in [5.41, 5.74) is 0.687. The van der Waals surface area contributed by atoms with Gasteiger partial charge in [0.2, 0.25) is 0 Å². The number of benzene rings is 2. The van der Waals surface area contributed by atoms with Crippen LogP contribution in [0.2, 0.25) is 5.02 Å². The van der Waals surface area contributed by atoms with Gasteiger partial charge in [-0.3, -0.25) is 14.5 Å². The van der Waals surface area contributed by atoms with E-state index in [1.165, 1.54) is 18.2 Å². The third kappa shape index (κ3) is 3.61. The van der Waals surface area contributed by atoms with Gasteiger partial charge in [0, 0.05) is 25.3 Å². The number of imide groups is 1. The van der Waals surface area contributed by atoms with E-state index in [1.807, 2.05) is 0 Å². The highest BCUT2D eigenvalue weighted by Gasteiger charge is 2.35. The monoisotopic (exact) mass is 373 g/mol. The highest BCUT2D eigenvalue weighted by atomic mass is 35.5. The lowest BCUT2D eigenvalue weighted by atomic mass is 10.1. The van der Waals surface area contributed by atoms with Gasteiger partial charge in [0.15, 0.2) is 0 Å². The number of methoxy groups -OCH3 is 1. The van der Waals surface area contributed by atoms with Crippen LogP contribution in [0.15, 0.2) is 42.5 Å². The molecule has 0 bridgehead atoms. The molecule has 0 aliphatic carbocycles. The van der Waals surface area contributed by atoms with Gasteiger partial charge in [0.05, 0.1) is 16.7 Å². The van der Waals surface area contributed by atoms with Gasteiger partial charge in [0.25, 0.3) is 11.8 Å². The van der Waals surface area contributed by atoms with E-state index in [9.17, 15) is 14.4 Å². The summed E-state index contributed by atoms with van der Waals surface area (Å²) < 4.78 is 10.2. The van der Waals surface area contributed by atoms with Crippen LogP contribution >= 0.6 is 11.6 Å². The zero-order valence-electron chi connectivity index (χ0n) is 14.0. The van der Waals surface area contributed by atoms with Gasteiger partial charge in [0.1, 0.15) is 5.75 Å². The van der Waals surface area contributed by atoms with E-state index in [0.29, 0.717) is 23.8 Å². The van der Waals surface area contributed by atoms with Crippen LogP contribution in [-0.4, -0.2) is 42.9 Å². The van der Waals surface area contributed by atoms with Crippen LogP contribution in [0.1, 0.15) is 37.5 Å². The number of carbonyl (C=O) groups excluding carboxylic acids is 3. The molecular weight excluding hydrogens is 358 g/mol. The van der Waals surface area contributed by atoms with Gasteiger partial charge in [-0.1, -0.05) is 11.6 Å². The van der Waals surface area contributed by atoms with E-state index in [4.69, 9.17) is 21.1 Å². The average molecular weight is 374 g/mol. The Morgan fingerprint density at radius 2 is 1.73 bits per heavy atom. The molecule has 1 aliphatic heterocycles. The van der Waals surface area contributed by atoms with Crippen molar-refractivity contribution >= 4 is 29.4 Å². The van der Waals surface area contributed by atoms with Crippen molar-refractivity contribution < 1.29 is 23.9 Å². The maximum Gasteiger partial charge on any atom is 0.343 e. The van der Waals surface area contributed by atoms with E-state index >= 15 is 0 Å². The highest BCUT2D eigenvalue weighted by Crippen LogP contribution is 2.25. The number of esters is 1. The zero-order valence-corrected chi connectivity index (χ0v) is 14.8. The molecule has 1 aliphatic rings. The minimum atomic E-state index is -0.617. The van der Waals surface area contributed by atoms with Crippen molar-refractivity contribution in [3.05, 3.63) is 64.2 Å². The number of amides is 2. The van der Waals surface area contributed by atoms with E-state index < -0.39 is 11.9 Å². The van der Waals surface area contributed by atoms with Crippen molar-refractivity contribution in [3.63, 3.8) is 0 Å². The second kappa shape index (κ2) is 7.68. The normalized spacial score (nSPS) is 13.1. The lowest BCUT2D eigenvalue weighted by molar-refractivity contribution is 0.0638. The van der Waals surface area contributed by atoms with Gasteiger partial charge < -0.3 is 9.47 Å². The van der Waals surface area contributed by atoms with Crippen LogP contribution < -0.4 is 4.74 Å². The van der Waals surface area contributed by atoms with Crippen molar-refractivity contribution in [2.24, 2.45) is 0 Å². The number of halogens is 1. The molecule has 0 aromatic heterocycles. The smallest absolute Gasteiger partial charge is 0.343 e. The molecule has 26 heavy (non-hydrogen) atoms. The molecule has 0 saturated carbocycles. The fraction of sp³-hybridized carbons (Fsp3) is 0.211. The Kier molecular flexibility index (Phi) is 5.35. The Morgan fingerprint density at radius 3 is 2.42 bits per heavy atom. The average Bonchev–Trinajstić information content (AvgIpc) is 2.88. The van der Waals surface area contributed by atoms with Crippen LogP contribution in [0.25, 0.3) is 0 Å². The van der Waals surface area contributed by atoms with Crippen molar-refractivity contribution in [1.29, 1.82) is 0 Å². The largest absolute Gasteiger partial charge is 0.423 e.